The zero-order valence-electron chi connectivity index (χ0n) is 15.1. The predicted octanol–water partition coefficient (Wildman–Crippen LogP) is 3.11. The highest BCUT2D eigenvalue weighted by Crippen LogP contribution is 2.25. The van der Waals surface area contributed by atoms with E-state index in [4.69, 9.17) is 0 Å². The van der Waals surface area contributed by atoms with Crippen LogP contribution in [0.3, 0.4) is 0 Å². The van der Waals surface area contributed by atoms with Gasteiger partial charge in [-0.3, -0.25) is 4.79 Å². The van der Waals surface area contributed by atoms with E-state index in [0.29, 0.717) is 23.0 Å². The summed E-state index contributed by atoms with van der Waals surface area (Å²) in [7, 11) is 0. The van der Waals surface area contributed by atoms with Crippen molar-refractivity contribution in [2.24, 2.45) is 0 Å². The van der Waals surface area contributed by atoms with Crippen molar-refractivity contribution in [1.29, 1.82) is 0 Å². The molecule has 2 aromatic rings. The van der Waals surface area contributed by atoms with Crippen LogP contribution in [0.25, 0.3) is 5.69 Å². The third-order valence-electron chi connectivity index (χ3n) is 4.84. The van der Waals surface area contributed by atoms with Crippen LogP contribution in [0.4, 0.5) is 0 Å². The van der Waals surface area contributed by atoms with Crippen molar-refractivity contribution < 1.29 is 4.79 Å². The summed E-state index contributed by atoms with van der Waals surface area (Å²) in [6, 6.07) is 8.80. The van der Waals surface area contributed by atoms with Crippen LogP contribution in [-0.2, 0) is 11.2 Å². The quantitative estimate of drug-likeness (QED) is 0.768. The molecule has 0 radical (unpaired) electrons. The molecule has 0 spiro atoms. The Kier molecular flexibility index (Phi) is 5.73. The van der Waals surface area contributed by atoms with Gasteiger partial charge in [-0.15, -0.1) is 5.10 Å². The summed E-state index contributed by atoms with van der Waals surface area (Å²) in [5.41, 5.74) is 2.19. The molecule has 0 unspecified atom stereocenters. The Balaban J connectivity index is 1.67. The van der Waals surface area contributed by atoms with Crippen molar-refractivity contribution in [3.05, 3.63) is 29.8 Å². The molecule has 25 heavy (non-hydrogen) atoms. The molecule has 6 nitrogen and oxygen atoms in total. The zero-order valence-corrected chi connectivity index (χ0v) is 15.9. The van der Waals surface area contributed by atoms with Crippen LogP contribution in [0.1, 0.15) is 45.6 Å². The van der Waals surface area contributed by atoms with Crippen LogP contribution < -0.4 is 0 Å². The first-order valence-corrected chi connectivity index (χ1v) is 9.90. The van der Waals surface area contributed by atoms with Gasteiger partial charge < -0.3 is 4.90 Å². The predicted molar refractivity (Wildman–Crippen MR) is 98.9 cm³/mol. The van der Waals surface area contributed by atoms with Crippen molar-refractivity contribution in [3.63, 3.8) is 0 Å². The molecule has 0 N–H and O–H groups in total. The number of rotatable bonds is 5. The number of benzene rings is 1. The fourth-order valence-electron chi connectivity index (χ4n) is 3.42. The SMILES string of the molecule is CCc1ccc(-n2nnnc2SCC(=O)N2[C@@H](C)CCC[C@@H]2C)cc1. The molecule has 0 aliphatic carbocycles. The number of aromatic nitrogens is 4. The number of likely N-dealkylation sites (tertiary alicyclic amines) is 1. The first-order valence-electron chi connectivity index (χ1n) is 8.91. The molecule has 1 saturated heterocycles. The second kappa shape index (κ2) is 7.99. The second-order valence-corrected chi connectivity index (χ2v) is 7.55. The summed E-state index contributed by atoms with van der Waals surface area (Å²) >= 11 is 1.40. The Bertz CT molecular complexity index is 705. The van der Waals surface area contributed by atoms with Crippen LogP contribution in [0.5, 0.6) is 0 Å². The summed E-state index contributed by atoms with van der Waals surface area (Å²) in [5.74, 6) is 0.530. The van der Waals surface area contributed by atoms with Crippen molar-refractivity contribution in [2.45, 2.75) is 63.7 Å². The van der Waals surface area contributed by atoms with E-state index >= 15 is 0 Å². The van der Waals surface area contributed by atoms with Gasteiger partial charge in [0, 0.05) is 12.1 Å². The Morgan fingerprint density at radius 3 is 2.52 bits per heavy atom. The maximum absolute atomic E-state index is 12.7. The number of nitrogens with zero attached hydrogens (tertiary/aromatic N) is 5. The summed E-state index contributed by atoms with van der Waals surface area (Å²) in [6.45, 7) is 6.40. The van der Waals surface area contributed by atoms with Gasteiger partial charge in [0.25, 0.3) is 0 Å². The topological polar surface area (TPSA) is 63.9 Å². The lowest BCUT2D eigenvalue weighted by molar-refractivity contribution is -0.134. The van der Waals surface area contributed by atoms with Crippen LogP contribution in [0, 0.1) is 0 Å². The Morgan fingerprint density at radius 2 is 1.88 bits per heavy atom. The number of tetrazole rings is 1. The fourth-order valence-corrected chi connectivity index (χ4v) is 4.18. The van der Waals surface area contributed by atoms with Gasteiger partial charge in [0.15, 0.2) is 0 Å². The van der Waals surface area contributed by atoms with E-state index in [1.807, 2.05) is 17.0 Å². The van der Waals surface area contributed by atoms with E-state index in [9.17, 15) is 4.79 Å². The Hall–Kier alpha value is -1.89. The van der Waals surface area contributed by atoms with Gasteiger partial charge in [0.1, 0.15) is 0 Å². The molecule has 3 rings (SSSR count). The van der Waals surface area contributed by atoms with Gasteiger partial charge in [0.05, 0.1) is 11.4 Å². The summed E-state index contributed by atoms with van der Waals surface area (Å²) in [4.78, 5) is 14.7. The van der Waals surface area contributed by atoms with E-state index in [-0.39, 0.29) is 5.91 Å². The van der Waals surface area contributed by atoms with Crippen molar-refractivity contribution in [2.75, 3.05) is 5.75 Å². The van der Waals surface area contributed by atoms with E-state index in [1.165, 1.54) is 23.7 Å². The zero-order chi connectivity index (χ0) is 17.8. The lowest BCUT2D eigenvalue weighted by Gasteiger charge is -2.39. The van der Waals surface area contributed by atoms with Gasteiger partial charge in [0.2, 0.25) is 11.1 Å². The number of hydrogen-bond donors (Lipinski definition) is 0. The van der Waals surface area contributed by atoms with Crippen LogP contribution >= 0.6 is 11.8 Å². The van der Waals surface area contributed by atoms with Gasteiger partial charge in [-0.05, 0) is 67.7 Å². The monoisotopic (exact) mass is 359 g/mol. The average Bonchev–Trinajstić information content (AvgIpc) is 3.08. The van der Waals surface area contributed by atoms with Crippen molar-refractivity contribution in [3.8, 4) is 5.69 Å². The summed E-state index contributed by atoms with van der Waals surface area (Å²) < 4.78 is 1.69. The summed E-state index contributed by atoms with van der Waals surface area (Å²) in [5, 5.41) is 12.6. The van der Waals surface area contributed by atoms with Gasteiger partial charge in [-0.25, -0.2) is 0 Å². The fraction of sp³-hybridized carbons (Fsp3) is 0.556. The molecule has 2 heterocycles. The first kappa shape index (κ1) is 17.9. The average molecular weight is 359 g/mol. The molecule has 1 aromatic carbocycles. The van der Waals surface area contributed by atoms with Gasteiger partial charge in [-0.1, -0.05) is 30.8 Å². The number of hydrogen-bond acceptors (Lipinski definition) is 5. The second-order valence-electron chi connectivity index (χ2n) is 6.61. The minimum Gasteiger partial charge on any atom is -0.337 e. The van der Waals surface area contributed by atoms with Gasteiger partial charge in [-0.2, -0.15) is 4.68 Å². The molecular formula is C18H25N5OS. The molecular weight excluding hydrogens is 334 g/mol. The third-order valence-corrected chi connectivity index (χ3v) is 5.74. The Labute approximate surface area is 153 Å². The normalized spacial score (nSPS) is 20.7. The van der Waals surface area contributed by atoms with E-state index in [2.05, 4.69) is 48.4 Å². The minimum absolute atomic E-state index is 0.167. The molecule has 134 valence electrons. The first-order chi connectivity index (χ1) is 12.1. The van der Waals surface area contributed by atoms with E-state index < -0.39 is 0 Å². The van der Waals surface area contributed by atoms with E-state index in [0.717, 1.165) is 24.9 Å². The molecule has 1 aliphatic rings. The molecule has 0 saturated carbocycles. The highest BCUT2D eigenvalue weighted by molar-refractivity contribution is 7.99. The van der Waals surface area contributed by atoms with Crippen LogP contribution in [0.15, 0.2) is 29.4 Å². The molecule has 0 bridgehead atoms. The molecule has 7 heteroatoms. The molecule has 1 amide bonds. The maximum Gasteiger partial charge on any atom is 0.233 e. The highest BCUT2D eigenvalue weighted by atomic mass is 32.2. The maximum atomic E-state index is 12.7. The number of thioether (sulfide) groups is 1. The number of amides is 1. The number of carbonyl (C=O) groups is 1. The molecule has 2 atom stereocenters. The number of aryl methyl sites for hydroxylation is 1. The minimum atomic E-state index is 0.167. The number of piperidine rings is 1. The lowest BCUT2D eigenvalue weighted by atomic mass is 9.98. The lowest BCUT2D eigenvalue weighted by Crippen LogP contribution is -2.48. The number of carbonyl (C=O) groups excluding carboxylic acids is 1. The largest absolute Gasteiger partial charge is 0.337 e. The van der Waals surface area contributed by atoms with Crippen molar-refractivity contribution >= 4 is 17.7 Å². The van der Waals surface area contributed by atoms with E-state index in [1.54, 1.807) is 4.68 Å². The highest BCUT2D eigenvalue weighted by Gasteiger charge is 2.29. The van der Waals surface area contributed by atoms with Crippen LogP contribution in [0.2, 0.25) is 0 Å². The summed E-state index contributed by atoms with van der Waals surface area (Å²) in [6.07, 6.45) is 4.37. The Morgan fingerprint density at radius 1 is 1.20 bits per heavy atom. The molecule has 1 fully saturated rings. The molecule has 1 aliphatic heterocycles. The van der Waals surface area contributed by atoms with Gasteiger partial charge >= 0.3 is 0 Å². The van der Waals surface area contributed by atoms with Crippen LogP contribution in [-0.4, -0.2) is 48.9 Å². The molecule has 1 aromatic heterocycles. The van der Waals surface area contributed by atoms with Crippen molar-refractivity contribution in [1.82, 2.24) is 25.1 Å². The standard InChI is InChI=1S/C18H25N5OS/c1-4-15-8-10-16(11-9-15)23-18(19-20-21-23)25-12-17(24)22-13(2)6-5-7-14(22)3/h8-11,13-14H,4-7,12H2,1-3H3/t13-,14-/m0/s1. The smallest absolute Gasteiger partial charge is 0.233 e. The third kappa shape index (κ3) is 4.03.